The van der Waals surface area contributed by atoms with Gasteiger partial charge >= 0.3 is 0 Å². The van der Waals surface area contributed by atoms with Crippen LogP contribution in [0.25, 0.3) is 0 Å². The van der Waals surface area contributed by atoms with E-state index in [2.05, 4.69) is 0 Å². The van der Waals surface area contributed by atoms with Gasteiger partial charge in [-0.3, -0.25) is 14.1 Å². The summed E-state index contributed by atoms with van der Waals surface area (Å²) in [6.07, 6.45) is 0. The molecule has 0 heterocycles. The monoisotopic (exact) mass is 90.1 g/mol. The molecule has 0 fully saturated rings. The van der Waals surface area contributed by atoms with Crippen molar-refractivity contribution in [1.82, 2.24) is 0 Å². The van der Waals surface area contributed by atoms with Crippen LogP contribution in [0.1, 0.15) is 13.8 Å². The second-order valence-corrected chi connectivity index (χ2v) is 0. The van der Waals surface area contributed by atoms with Crippen molar-refractivity contribution in [2.75, 3.05) is 0 Å². The molecule has 0 bridgehead atoms. The van der Waals surface area contributed by atoms with Gasteiger partial charge in [0.15, 0.2) is 0 Å². The number of rotatable bonds is 0. The maximum absolute atomic E-state index is 2.00. The van der Waals surface area contributed by atoms with Gasteiger partial charge in [0.2, 0.25) is 0 Å². The van der Waals surface area contributed by atoms with Crippen molar-refractivity contribution in [2.45, 2.75) is 13.8 Å². The molecule has 0 rings (SSSR count). The first kappa shape index (κ1) is 110. The third-order valence-corrected chi connectivity index (χ3v) is 0. The molecule has 0 atom stereocenters. The zero-order valence-corrected chi connectivity index (χ0v) is 3.22. The van der Waals surface area contributed by atoms with Gasteiger partial charge in [-0.2, -0.15) is 0 Å². The summed E-state index contributed by atoms with van der Waals surface area (Å²) in [5.41, 5.74) is 0. The van der Waals surface area contributed by atoms with Gasteiger partial charge in [-0.05, 0) is 0 Å². The van der Waals surface area contributed by atoms with Crippen LogP contribution in [0.15, 0.2) is 0 Å². The normalized spacial score (nSPS) is 1.20. The highest BCUT2D eigenvalue weighted by atomic mass is 19.0. The molecule has 0 saturated carbocycles. The van der Waals surface area contributed by atoms with Crippen molar-refractivity contribution in [1.29, 1.82) is 0 Å². The molecular formula is C2H9F3. The van der Waals surface area contributed by atoms with Gasteiger partial charge in [-0.1, -0.05) is 13.8 Å². The lowest BCUT2D eigenvalue weighted by atomic mass is 11.0. The van der Waals surface area contributed by atoms with E-state index in [0.29, 0.717) is 0 Å². The molecule has 0 aromatic heterocycles. The highest BCUT2D eigenvalue weighted by Gasteiger charge is 0.932. The Bertz CT molecular complexity index is 4.85. The first-order valence-electron chi connectivity index (χ1n) is 1.00. The fourth-order valence-electron chi connectivity index (χ4n) is 0. The van der Waals surface area contributed by atoms with Crippen LogP contribution < -0.4 is 0 Å². The lowest BCUT2D eigenvalue weighted by Crippen LogP contribution is -0.856. The first-order valence-corrected chi connectivity index (χ1v) is 1.00. The van der Waals surface area contributed by atoms with E-state index in [1.54, 1.807) is 0 Å². The van der Waals surface area contributed by atoms with E-state index in [-0.39, 0.29) is 14.1 Å². The van der Waals surface area contributed by atoms with E-state index in [9.17, 15) is 0 Å². The summed E-state index contributed by atoms with van der Waals surface area (Å²) in [5, 5.41) is 0. The zero-order valence-electron chi connectivity index (χ0n) is 3.22. The van der Waals surface area contributed by atoms with Gasteiger partial charge in [0.05, 0.1) is 0 Å². The summed E-state index contributed by atoms with van der Waals surface area (Å²) in [5.74, 6) is 0. The zero-order chi connectivity index (χ0) is 2.00. The molecule has 0 aromatic carbocycles. The second kappa shape index (κ2) is 669. The quantitative estimate of drug-likeness (QED) is 0.422. The Morgan fingerprint density at radius 3 is 0.600 bits per heavy atom. The Morgan fingerprint density at radius 1 is 0.600 bits per heavy atom. The average Bonchev–Trinajstić information content (AvgIpc) is 1.00. The average molecular weight is 90.1 g/mol. The molecule has 5 heavy (non-hydrogen) atoms. The minimum absolute atomic E-state index is 0. The summed E-state index contributed by atoms with van der Waals surface area (Å²) < 4.78 is 0. The number of hydrogen-bond donors (Lipinski definition) is 0. The highest BCUT2D eigenvalue weighted by Crippen LogP contribution is 1.14. The molecule has 0 nitrogen and oxygen atoms in total. The first-order chi connectivity index (χ1) is 1.00. The van der Waals surface area contributed by atoms with Crippen LogP contribution in [0.5, 0.6) is 0 Å². The van der Waals surface area contributed by atoms with Crippen LogP contribution in [-0.4, -0.2) is 0 Å². The van der Waals surface area contributed by atoms with Crippen LogP contribution >= 0.6 is 0 Å². The third kappa shape index (κ3) is 275. The van der Waals surface area contributed by atoms with Gasteiger partial charge in [-0.15, -0.1) is 0 Å². The largest absolute Gasteiger partial charge is 0.269 e. The van der Waals surface area contributed by atoms with Crippen molar-refractivity contribution in [2.24, 2.45) is 0 Å². The van der Waals surface area contributed by atoms with Crippen molar-refractivity contribution >= 4 is 0 Å². The SMILES string of the molecule is CC.F.F.F. The molecule has 0 aliphatic carbocycles. The molecule has 38 valence electrons. The van der Waals surface area contributed by atoms with E-state index in [1.165, 1.54) is 0 Å². The molecule has 0 aliphatic heterocycles. The van der Waals surface area contributed by atoms with E-state index in [4.69, 9.17) is 0 Å². The molecular weight excluding hydrogens is 81.0 g/mol. The smallest absolute Gasteiger partial charge is 0.0683 e. The summed E-state index contributed by atoms with van der Waals surface area (Å²) in [4.78, 5) is 0. The van der Waals surface area contributed by atoms with E-state index in [1.807, 2.05) is 13.8 Å². The standard InChI is InChI=1S/C2H6.3FH/c1-2;;;/h1-2H3;3*1H. The topological polar surface area (TPSA) is 0 Å². The molecule has 0 radical (unpaired) electrons. The molecule has 0 unspecified atom stereocenters. The third-order valence-electron chi connectivity index (χ3n) is 0. The summed E-state index contributed by atoms with van der Waals surface area (Å²) in [6.45, 7) is 4.00. The Labute approximate surface area is 29.3 Å². The van der Waals surface area contributed by atoms with Crippen molar-refractivity contribution < 1.29 is 14.1 Å². The Morgan fingerprint density at radius 2 is 0.600 bits per heavy atom. The molecule has 0 spiro atoms. The van der Waals surface area contributed by atoms with E-state index >= 15 is 0 Å². The molecule has 0 amide bonds. The van der Waals surface area contributed by atoms with Crippen LogP contribution in [0, 0.1) is 0 Å². The fourth-order valence-corrected chi connectivity index (χ4v) is 0. The minimum atomic E-state index is 0. The lowest BCUT2D eigenvalue weighted by Gasteiger charge is -1.07. The van der Waals surface area contributed by atoms with Crippen molar-refractivity contribution in [3.05, 3.63) is 0 Å². The Balaban J connectivity index is -0.00000000167. The van der Waals surface area contributed by atoms with Crippen LogP contribution in [-0.2, 0) is 0 Å². The Hall–Kier alpha value is -0.210. The second-order valence-electron chi connectivity index (χ2n) is 0. The molecule has 3 heteroatoms. The maximum Gasteiger partial charge on any atom is -0.0683 e. The maximum atomic E-state index is 2.00. The minimum Gasteiger partial charge on any atom is -0.269 e. The van der Waals surface area contributed by atoms with Crippen LogP contribution in [0.2, 0.25) is 0 Å². The van der Waals surface area contributed by atoms with Crippen LogP contribution in [0.4, 0.5) is 14.1 Å². The highest BCUT2D eigenvalue weighted by molar-refractivity contribution is 3.50. The molecule has 0 aromatic rings. The van der Waals surface area contributed by atoms with Crippen molar-refractivity contribution in [3.63, 3.8) is 0 Å². The fraction of sp³-hybridized carbons (Fsp3) is 1.00. The summed E-state index contributed by atoms with van der Waals surface area (Å²) in [7, 11) is 0. The predicted molar refractivity (Wildman–Crippen MR) is 18.9 cm³/mol. The Kier molecular flexibility index (Phi) is 14800. The molecule has 0 aliphatic rings. The number of hydrogen-bond acceptors (Lipinski definition) is 0. The van der Waals surface area contributed by atoms with Gasteiger partial charge in [0.1, 0.15) is 0 Å². The van der Waals surface area contributed by atoms with Gasteiger partial charge in [0.25, 0.3) is 0 Å². The lowest BCUT2D eigenvalue weighted by molar-refractivity contribution is 1.11. The van der Waals surface area contributed by atoms with Gasteiger partial charge in [0, 0.05) is 0 Å². The van der Waals surface area contributed by atoms with E-state index < -0.39 is 0 Å². The molecule has 0 saturated heterocycles. The molecule has 0 N–H and O–H groups in total. The summed E-state index contributed by atoms with van der Waals surface area (Å²) in [6, 6.07) is 0. The van der Waals surface area contributed by atoms with E-state index in [0.717, 1.165) is 0 Å². The van der Waals surface area contributed by atoms with Crippen molar-refractivity contribution in [3.8, 4) is 0 Å². The van der Waals surface area contributed by atoms with Gasteiger partial charge in [-0.25, -0.2) is 0 Å². The number of halogens is 3. The predicted octanol–water partition coefficient (Wildman–Crippen LogP) is 1.48. The summed E-state index contributed by atoms with van der Waals surface area (Å²) >= 11 is 0. The van der Waals surface area contributed by atoms with Gasteiger partial charge < -0.3 is 0 Å². The van der Waals surface area contributed by atoms with Crippen LogP contribution in [0.3, 0.4) is 0 Å².